The van der Waals surface area contributed by atoms with Gasteiger partial charge in [0, 0.05) is 36.3 Å². The monoisotopic (exact) mass is 329 g/mol. The molecular weight excluding hydrogens is 315 g/mol. The Morgan fingerprint density at radius 2 is 1.21 bits per heavy atom. The van der Waals surface area contributed by atoms with Crippen molar-refractivity contribution in [3.8, 4) is 22.5 Å². The fourth-order valence-corrected chi connectivity index (χ4v) is 2.37. The molecule has 0 bridgehead atoms. The maximum atomic E-state index is 12.7. The number of hydrogen-bond acceptors (Lipinski definition) is 3. The van der Waals surface area contributed by atoms with Gasteiger partial charge in [-0.05, 0) is 24.3 Å². The predicted octanol–water partition coefficient (Wildman–Crippen LogP) is 4.87. The van der Waals surface area contributed by atoms with Crippen molar-refractivity contribution in [1.82, 2.24) is 9.97 Å². The van der Waals surface area contributed by atoms with E-state index < -0.39 is 11.7 Å². The van der Waals surface area contributed by atoms with Gasteiger partial charge < -0.3 is 5.32 Å². The van der Waals surface area contributed by atoms with Crippen molar-refractivity contribution in [3.05, 3.63) is 66.5 Å². The van der Waals surface area contributed by atoms with Crippen molar-refractivity contribution < 1.29 is 13.2 Å². The Bertz CT molecular complexity index is 825. The summed E-state index contributed by atoms with van der Waals surface area (Å²) >= 11 is 0. The molecular formula is C18H14F3N3. The largest absolute Gasteiger partial charge is 0.416 e. The summed E-state index contributed by atoms with van der Waals surface area (Å²) in [6.45, 7) is 0. The van der Waals surface area contributed by atoms with E-state index in [0.717, 1.165) is 23.4 Å². The second-order valence-electron chi connectivity index (χ2n) is 5.16. The average Bonchev–Trinajstić information content (AvgIpc) is 2.61. The van der Waals surface area contributed by atoms with Gasteiger partial charge >= 0.3 is 6.18 Å². The van der Waals surface area contributed by atoms with Gasteiger partial charge in [0.1, 0.15) is 0 Å². The van der Waals surface area contributed by atoms with Crippen molar-refractivity contribution in [2.45, 2.75) is 6.18 Å². The summed E-state index contributed by atoms with van der Waals surface area (Å²) in [7, 11) is 1.82. The first-order chi connectivity index (χ1) is 11.5. The molecule has 0 saturated heterocycles. The van der Waals surface area contributed by atoms with Gasteiger partial charge in [-0.2, -0.15) is 13.2 Å². The third-order valence-electron chi connectivity index (χ3n) is 3.63. The molecule has 0 atom stereocenters. The van der Waals surface area contributed by atoms with E-state index in [-0.39, 0.29) is 0 Å². The van der Waals surface area contributed by atoms with Crippen LogP contribution in [0.4, 0.5) is 18.9 Å². The molecule has 0 radical (unpaired) electrons. The Balaban J connectivity index is 2.02. The van der Waals surface area contributed by atoms with E-state index in [9.17, 15) is 13.2 Å². The molecule has 1 aromatic heterocycles. The van der Waals surface area contributed by atoms with Gasteiger partial charge in [-0.15, -0.1) is 0 Å². The molecule has 0 aliphatic carbocycles. The van der Waals surface area contributed by atoms with E-state index >= 15 is 0 Å². The lowest BCUT2D eigenvalue weighted by atomic mass is 10.0. The number of benzene rings is 2. The molecule has 1 N–H and O–H groups in total. The number of halogens is 3. The zero-order valence-corrected chi connectivity index (χ0v) is 12.8. The maximum Gasteiger partial charge on any atom is 0.416 e. The van der Waals surface area contributed by atoms with E-state index in [1.54, 1.807) is 6.20 Å². The van der Waals surface area contributed by atoms with E-state index in [1.807, 2.05) is 31.3 Å². The zero-order valence-electron chi connectivity index (χ0n) is 12.8. The van der Waals surface area contributed by atoms with Crippen molar-refractivity contribution in [1.29, 1.82) is 0 Å². The first-order valence-electron chi connectivity index (χ1n) is 7.26. The van der Waals surface area contributed by atoms with Gasteiger partial charge in [0.2, 0.25) is 0 Å². The number of nitrogens with one attached hydrogen (secondary N) is 1. The van der Waals surface area contributed by atoms with Crippen LogP contribution in [-0.2, 0) is 6.18 Å². The Hall–Kier alpha value is -2.89. The molecule has 1 heterocycles. The predicted molar refractivity (Wildman–Crippen MR) is 87.5 cm³/mol. The summed E-state index contributed by atoms with van der Waals surface area (Å²) in [5.41, 5.74) is 2.87. The molecule has 0 aliphatic heterocycles. The van der Waals surface area contributed by atoms with Crippen molar-refractivity contribution >= 4 is 5.69 Å². The number of anilines is 1. The standard InChI is InChI=1S/C18H14F3N3/c1-22-15-8-4-13(5-9-15)17-16(23-10-11-24-17)12-2-6-14(7-3-12)18(19,20)21/h2-11,22H,1H3. The lowest BCUT2D eigenvalue weighted by molar-refractivity contribution is -0.137. The van der Waals surface area contributed by atoms with Crippen molar-refractivity contribution in [2.24, 2.45) is 0 Å². The van der Waals surface area contributed by atoms with E-state index in [1.165, 1.54) is 18.3 Å². The Morgan fingerprint density at radius 3 is 1.62 bits per heavy atom. The summed E-state index contributed by atoms with van der Waals surface area (Å²) in [5.74, 6) is 0. The summed E-state index contributed by atoms with van der Waals surface area (Å²) in [5, 5.41) is 3.03. The summed E-state index contributed by atoms with van der Waals surface area (Å²) < 4.78 is 38.1. The van der Waals surface area contributed by atoms with E-state index in [4.69, 9.17) is 0 Å². The number of nitrogens with zero attached hydrogens (tertiary/aromatic N) is 2. The molecule has 3 aromatic rings. The third kappa shape index (κ3) is 3.22. The second kappa shape index (κ2) is 6.31. The molecule has 0 unspecified atom stereocenters. The van der Waals surface area contributed by atoms with Crippen LogP contribution in [0.1, 0.15) is 5.56 Å². The van der Waals surface area contributed by atoms with Crippen LogP contribution in [0, 0.1) is 0 Å². The minimum atomic E-state index is -4.35. The van der Waals surface area contributed by atoms with Gasteiger partial charge in [0.25, 0.3) is 0 Å². The van der Waals surface area contributed by atoms with Gasteiger partial charge in [0.05, 0.1) is 17.0 Å². The molecule has 0 fully saturated rings. The highest BCUT2D eigenvalue weighted by atomic mass is 19.4. The molecule has 3 rings (SSSR count). The Kier molecular flexibility index (Phi) is 4.20. The van der Waals surface area contributed by atoms with Crippen LogP contribution in [0.25, 0.3) is 22.5 Å². The van der Waals surface area contributed by atoms with Crippen LogP contribution in [-0.4, -0.2) is 17.0 Å². The molecule has 6 heteroatoms. The molecule has 2 aromatic carbocycles. The molecule has 24 heavy (non-hydrogen) atoms. The first-order valence-corrected chi connectivity index (χ1v) is 7.26. The Labute approximate surface area is 137 Å². The minimum absolute atomic E-state index is 0.545. The van der Waals surface area contributed by atoms with Crippen LogP contribution in [0.2, 0.25) is 0 Å². The highest BCUT2D eigenvalue weighted by Crippen LogP contribution is 2.33. The number of hydrogen-bond donors (Lipinski definition) is 1. The molecule has 3 nitrogen and oxygen atoms in total. The van der Waals surface area contributed by atoms with Crippen LogP contribution in [0.3, 0.4) is 0 Å². The summed E-state index contributed by atoms with van der Waals surface area (Å²) in [6.07, 6.45) is -1.26. The van der Waals surface area contributed by atoms with Gasteiger partial charge in [0.15, 0.2) is 0 Å². The van der Waals surface area contributed by atoms with Crippen LogP contribution in [0.5, 0.6) is 0 Å². The lowest BCUT2D eigenvalue weighted by Gasteiger charge is -2.10. The lowest BCUT2D eigenvalue weighted by Crippen LogP contribution is -2.04. The second-order valence-corrected chi connectivity index (χ2v) is 5.16. The zero-order chi connectivity index (χ0) is 17.2. The smallest absolute Gasteiger partial charge is 0.388 e. The van der Waals surface area contributed by atoms with Crippen molar-refractivity contribution in [3.63, 3.8) is 0 Å². The quantitative estimate of drug-likeness (QED) is 0.745. The minimum Gasteiger partial charge on any atom is -0.388 e. The normalized spacial score (nSPS) is 11.3. The molecule has 0 spiro atoms. The Morgan fingerprint density at radius 1 is 0.750 bits per heavy atom. The summed E-state index contributed by atoms with van der Waals surface area (Å²) in [4.78, 5) is 8.65. The average molecular weight is 329 g/mol. The first kappa shape index (κ1) is 16.0. The fourth-order valence-electron chi connectivity index (χ4n) is 2.37. The molecule has 122 valence electrons. The van der Waals surface area contributed by atoms with Crippen LogP contribution < -0.4 is 5.32 Å². The highest BCUT2D eigenvalue weighted by molar-refractivity contribution is 5.78. The molecule has 0 amide bonds. The van der Waals surface area contributed by atoms with Gasteiger partial charge in [-0.1, -0.05) is 24.3 Å². The molecule has 0 saturated carbocycles. The van der Waals surface area contributed by atoms with E-state index in [2.05, 4.69) is 15.3 Å². The SMILES string of the molecule is CNc1ccc(-c2nccnc2-c2ccc(C(F)(F)F)cc2)cc1. The summed E-state index contributed by atoms with van der Waals surface area (Å²) in [6, 6.07) is 12.5. The number of alkyl halides is 3. The van der Waals surface area contributed by atoms with Gasteiger partial charge in [-0.25, -0.2) is 0 Å². The number of aromatic nitrogens is 2. The topological polar surface area (TPSA) is 37.8 Å². The number of rotatable bonds is 3. The van der Waals surface area contributed by atoms with E-state index in [0.29, 0.717) is 17.0 Å². The van der Waals surface area contributed by atoms with Crippen LogP contribution >= 0.6 is 0 Å². The highest BCUT2D eigenvalue weighted by Gasteiger charge is 2.30. The molecule has 0 aliphatic rings. The van der Waals surface area contributed by atoms with Gasteiger partial charge in [-0.3, -0.25) is 9.97 Å². The van der Waals surface area contributed by atoms with Crippen LogP contribution in [0.15, 0.2) is 60.9 Å². The van der Waals surface area contributed by atoms with Crippen molar-refractivity contribution in [2.75, 3.05) is 12.4 Å². The third-order valence-corrected chi connectivity index (χ3v) is 3.63. The maximum absolute atomic E-state index is 12.7. The fraction of sp³-hybridized carbons (Fsp3) is 0.111.